The highest BCUT2D eigenvalue weighted by Crippen LogP contribution is 2.25. The summed E-state index contributed by atoms with van der Waals surface area (Å²) >= 11 is 0. The molecular formula is C18H19N3O2. The Labute approximate surface area is 135 Å². The minimum Gasteiger partial charge on any atom is -0.350 e. The SMILES string of the molecule is Cc1ccc(N2C[C@H](C(=O)NCc3ccccn3)CC2=O)cc1. The summed E-state index contributed by atoms with van der Waals surface area (Å²) in [6.45, 7) is 2.81. The van der Waals surface area contributed by atoms with Crippen molar-refractivity contribution in [3.8, 4) is 0 Å². The Morgan fingerprint density at radius 2 is 2.04 bits per heavy atom. The van der Waals surface area contributed by atoms with Gasteiger partial charge in [-0.25, -0.2) is 0 Å². The molecule has 1 atom stereocenters. The third-order valence-electron chi connectivity index (χ3n) is 4.01. The molecule has 23 heavy (non-hydrogen) atoms. The van der Waals surface area contributed by atoms with E-state index < -0.39 is 0 Å². The van der Waals surface area contributed by atoms with Gasteiger partial charge in [-0.1, -0.05) is 23.8 Å². The number of benzene rings is 1. The Bertz CT molecular complexity index is 698. The Morgan fingerprint density at radius 1 is 1.26 bits per heavy atom. The Balaban J connectivity index is 1.60. The fourth-order valence-corrected chi connectivity index (χ4v) is 2.68. The lowest BCUT2D eigenvalue weighted by atomic mass is 10.1. The largest absolute Gasteiger partial charge is 0.350 e. The lowest BCUT2D eigenvalue weighted by molar-refractivity contribution is -0.126. The van der Waals surface area contributed by atoms with Crippen LogP contribution >= 0.6 is 0 Å². The maximum Gasteiger partial charge on any atom is 0.227 e. The van der Waals surface area contributed by atoms with Crippen LogP contribution in [0.3, 0.4) is 0 Å². The molecule has 1 fully saturated rings. The van der Waals surface area contributed by atoms with E-state index in [-0.39, 0.29) is 24.2 Å². The molecule has 1 aromatic heterocycles. The van der Waals surface area contributed by atoms with Gasteiger partial charge in [-0.3, -0.25) is 14.6 Å². The van der Waals surface area contributed by atoms with Crippen molar-refractivity contribution in [3.05, 3.63) is 59.9 Å². The molecule has 5 heteroatoms. The van der Waals surface area contributed by atoms with E-state index in [0.717, 1.165) is 16.9 Å². The molecule has 0 bridgehead atoms. The van der Waals surface area contributed by atoms with Crippen LogP contribution in [0.2, 0.25) is 0 Å². The van der Waals surface area contributed by atoms with Gasteiger partial charge in [0.15, 0.2) is 0 Å². The first kappa shape index (κ1) is 15.2. The van der Waals surface area contributed by atoms with Crippen molar-refractivity contribution in [2.45, 2.75) is 19.9 Å². The number of nitrogens with zero attached hydrogens (tertiary/aromatic N) is 2. The average Bonchev–Trinajstić information content (AvgIpc) is 2.96. The highest BCUT2D eigenvalue weighted by atomic mass is 16.2. The topological polar surface area (TPSA) is 62.3 Å². The van der Waals surface area contributed by atoms with E-state index in [9.17, 15) is 9.59 Å². The average molecular weight is 309 g/mol. The summed E-state index contributed by atoms with van der Waals surface area (Å²) in [7, 11) is 0. The summed E-state index contributed by atoms with van der Waals surface area (Å²) in [6.07, 6.45) is 1.95. The molecule has 0 saturated carbocycles. The number of carbonyl (C=O) groups excluding carboxylic acids is 2. The van der Waals surface area contributed by atoms with Crippen LogP contribution in [-0.4, -0.2) is 23.3 Å². The van der Waals surface area contributed by atoms with Gasteiger partial charge in [-0.2, -0.15) is 0 Å². The number of amides is 2. The number of hydrogen-bond donors (Lipinski definition) is 1. The first-order chi connectivity index (χ1) is 11.1. The molecule has 0 spiro atoms. The van der Waals surface area contributed by atoms with Gasteiger partial charge in [0, 0.05) is 24.8 Å². The Kier molecular flexibility index (Phi) is 4.37. The number of aryl methyl sites for hydroxylation is 1. The van der Waals surface area contributed by atoms with Crippen molar-refractivity contribution in [1.82, 2.24) is 10.3 Å². The number of rotatable bonds is 4. The third kappa shape index (κ3) is 3.56. The zero-order valence-corrected chi connectivity index (χ0v) is 13.0. The maximum atomic E-state index is 12.3. The molecule has 2 amide bonds. The molecular weight excluding hydrogens is 290 g/mol. The van der Waals surface area contributed by atoms with Gasteiger partial charge in [-0.15, -0.1) is 0 Å². The molecule has 1 aliphatic heterocycles. The second kappa shape index (κ2) is 6.60. The van der Waals surface area contributed by atoms with Crippen LogP contribution in [0.15, 0.2) is 48.7 Å². The second-order valence-corrected chi connectivity index (χ2v) is 5.78. The number of hydrogen-bond acceptors (Lipinski definition) is 3. The molecule has 5 nitrogen and oxygen atoms in total. The van der Waals surface area contributed by atoms with Crippen LogP contribution in [0.25, 0.3) is 0 Å². The fraction of sp³-hybridized carbons (Fsp3) is 0.278. The lowest BCUT2D eigenvalue weighted by Crippen LogP contribution is -2.32. The van der Waals surface area contributed by atoms with Gasteiger partial charge >= 0.3 is 0 Å². The van der Waals surface area contributed by atoms with E-state index in [1.54, 1.807) is 11.1 Å². The smallest absolute Gasteiger partial charge is 0.227 e. The molecule has 118 valence electrons. The van der Waals surface area contributed by atoms with E-state index in [4.69, 9.17) is 0 Å². The van der Waals surface area contributed by atoms with E-state index in [1.807, 2.05) is 49.4 Å². The minimum atomic E-state index is -0.312. The van der Waals surface area contributed by atoms with Crippen molar-refractivity contribution in [2.75, 3.05) is 11.4 Å². The number of aromatic nitrogens is 1. The minimum absolute atomic E-state index is 0.00756. The molecule has 1 aromatic carbocycles. The van der Waals surface area contributed by atoms with Crippen LogP contribution < -0.4 is 10.2 Å². The van der Waals surface area contributed by atoms with Gasteiger partial charge in [0.05, 0.1) is 18.2 Å². The first-order valence-electron chi connectivity index (χ1n) is 7.68. The highest BCUT2D eigenvalue weighted by Gasteiger charge is 2.34. The number of nitrogens with one attached hydrogen (secondary N) is 1. The predicted octanol–water partition coefficient (Wildman–Crippen LogP) is 2.06. The summed E-state index contributed by atoms with van der Waals surface area (Å²) in [6, 6.07) is 13.3. The van der Waals surface area contributed by atoms with Crippen molar-refractivity contribution in [1.29, 1.82) is 0 Å². The van der Waals surface area contributed by atoms with Crippen LogP contribution in [0.1, 0.15) is 17.7 Å². The van der Waals surface area contributed by atoms with Gasteiger partial charge in [-0.05, 0) is 31.2 Å². The van der Waals surface area contributed by atoms with Crippen LogP contribution in [0, 0.1) is 12.8 Å². The van der Waals surface area contributed by atoms with Crippen molar-refractivity contribution in [3.63, 3.8) is 0 Å². The standard InChI is InChI=1S/C18H19N3O2/c1-13-5-7-16(8-6-13)21-12-14(10-17(21)22)18(23)20-11-15-4-2-3-9-19-15/h2-9,14H,10-12H2,1H3,(H,20,23)/t14-/m1/s1. The molecule has 0 aliphatic carbocycles. The number of anilines is 1. The Hall–Kier alpha value is -2.69. The zero-order chi connectivity index (χ0) is 16.2. The van der Waals surface area contributed by atoms with E-state index >= 15 is 0 Å². The number of carbonyl (C=O) groups is 2. The monoisotopic (exact) mass is 309 g/mol. The normalized spacial score (nSPS) is 17.3. The molecule has 1 saturated heterocycles. The molecule has 2 heterocycles. The third-order valence-corrected chi connectivity index (χ3v) is 4.01. The van der Waals surface area contributed by atoms with Crippen LogP contribution in [0.4, 0.5) is 5.69 Å². The Morgan fingerprint density at radius 3 is 2.74 bits per heavy atom. The van der Waals surface area contributed by atoms with Gasteiger partial charge in [0.2, 0.25) is 11.8 Å². The van der Waals surface area contributed by atoms with E-state index in [0.29, 0.717) is 13.1 Å². The molecule has 0 unspecified atom stereocenters. The van der Waals surface area contributed by atoms with Crippen molar-refractivity contribution >= 4 is 17.5 Å². The van der Waals surface area contributed by atoms with Gasteiger partial charge in [0.1, 0.15) is 0 Å². The quantitative estimate of drug-likeness (QED) is 0.940. The molecule has 2 aromatic rings. The predicted molar refractivity (Wildman–Crippen MR) is 87.7 cm³/mol. The summed E-state index contributed by atoms with van der Waals surface area (Å²) in [4.78, 5) is 30.3. The molecule has 0 radical (unpaired) electrons. The first-order valence-corrected chi connectivity index (χ1v) is 7.68. The highest BCUT2D eigenvalue weighted by molar-refractivity contribution is 6.00. The van der Waals surface area contributed by atoms with Crippen LogP contribution in [0.5, 0.6) is 0 Å². The number of pyridine rings is 1. The zero-order valence-electron chi connectivity index (χ0n) is 13.0. The van der Waals surface area contributed by atoms with Gasteiger partial charge < -0.3 is 10.2 Å². The molecule has 1 N–H and O–H groups in total. The van der Waals surface area contributed by atoms with E-state index in [2.05, 4.69) is 10.3 Å². The van der Waals surface area contributed by atoms with Crippen molar-refractivity contribution in [2.24, 2.45) is 5.92 Å². The van der Waals surface area contributed by atoms with Crippen LogP contribution in [-0.2, 0) is 16.1 Å². The van der Waals surface area contributed by atoms with Crippen molar-refractivity contribution < 1.29 is 9.59 Å². The van der Waals surface area contributed by atoms with E-state index in [1.165, 1.54) is 0 Å². The fourth-order valence-electron chi connectivity index (χ4n) is 2.68. The second-order valence-electron chi connectivity index (χ2n) is 5.78. The summed E-state index contributed by atoms with van der Waals surface area (Å²) in [5.74, 6) is -0.419. The lowest BCUT2D eigenvalue weighted by Gasteiger charge is -2.17. The summed E-state index contributed by atoms with van der Waals surface area (Å²) < 4.78 is 0. The molecule has 1 aliphatic rings. The summed E-state index contributed by atoms with van der Waals surface area (Å²) in [5, 5.41) is 2.86. The molecule has 3 rings (SSSR count). The maximum absolute atomic E-state index is 12.3. The summed E-state index contributed by atoms with van der Waals surface area (Å²) in [5.41, 5.74) is 2.80. The van der Waals surface area contributed by atoms with Gasteiger partial charge in [0.25, 0.3) is 0 Å².